The van der Waals surface area contributed by atoms with Crippen molar-refractivity contribution in [3.63, 3.8) is 0 Å². The Hall–Kier alpha value is -2.89. The Labute approximate surface area is 132 Å². The standard InChI is InChI=1S/C17H17N3O3/c1-19(12-13-5-4-10-23-13)17(22)8-9-20-15-7-3-2-6-14(15)16(21)11-18-20/h2-7,10-11H,8-9,12H2,1H3. The zero-order valence-corrected chi connectivity index (χ0v) is 12.8. The highest BCUT2D eigenvalue weighted by Gasteiger charge is 2.12. The number of hydrogen-bond acceptors (Lipinski definition) is 4. The second-order valence-electron chi connectivity index (χ2n) is 5.33. The maximum atomic E-state index is 12.2. The first kappa shape index (κ1) is 15.0. The van der Waals surface area contributed by atoms with E-state index in [9.17, 15) is 9.59 Å². The molecule has 0 spiro atoms. The Morgan fingerprint density at radius 1 is 1.26 bits per heavy atom. The van der Waals surface area contributed by atoms with Gasteiger partial charge in [0.05, 0.1) is 31.1 Å². The zero-order valence-electron chi connectivity index (χ0n) is 12.8. The van der Waals surface area contributed by atoms with Crippen molar-refractivity contribution in [3.8, 4) is 0 Å². The summed E-state index contributed by atoms with van der Waals surface area (Å²) in [6.07, 6.45) is 3.18. The van der Waals surface area contributed by atoms with E-state index < -0.39 is 0 Å². The third-order valence-electron chi connectivity index (χ3n) is 3.70. The van der Waals surface area contributed by atoms with Gasteiger partial charge in [-0.15, -0.1) is 0 Å². The van der Waals surface area contributed by atoms with Gasteiger partial charge in [0, 0.05) is 18.9 Å². The van der Waals surface area contributed by atoms with Gasteiger partial charge >= 0.3 is 0 Å². The third kappa shape index (κ3) is 3.31. The molecule has 0 atom stereocenters. The summed E-state index contributed by atoms with van der Waals surface area (Å²) in [4.78, 5) is 25.6. The number of benzene rings is 1. The van der Waals surface area contributed by atoms with Gasteiger partial charge in [-0.3, -0.25) is 14.3 Å². The van der Waals surface area contributed by atoms with E-state index in [0.717, 1.165) is 11.3 Å². The van der Waals surface area contributed by atoms with E-state index >= 15 is 0 Å². The summed E-state index contributed by atoms with van der Waals surface area (Å²) in [5, 5.41) is 4.74. The van der Waals surface area contributed by atoms with Gasteiger partial charge in [0.25, 0.3) is 0 Å². The zero-order chi connectivity index (χ0) is 16.2. The molecule has 0 saturated carbocycles. The van der Waals surface area contributed by atoms with Crippen molar-refractivity contribution in [3.05, 3.63) is 64.8 Å². The number of hydrogen-bond donors (Lipinski definition) is 0. The molecule has 6 nitrogen and oxygen atoms in total. The fourth-order valence-corrected chi connectivity index (χ4v) is 2.46. The number of aryl methyl sites for hydroxylation is 1. The first-order chi connectivity index (χ1) is 11.1. The number of nitrogens with zero attached hydrogens (tertiary/aromatic N) is 3. The number of para-hydroxylation sites is 1. The average molecular weight is 311 g/mol. The van der Waals surface area contributed by atoms with E-state index in [1.54, 1.807) is 35.0 Å². The molecule has 0 aliphatic rings. The second kappa shape index (κ2) is 6.48. The first-order valence-corrected chi connectivity index (χ1v) is 7.36. The minimum atomic E-state index is -0.113. The first-order valence-electron chi connectivity index (χ1n) is 7.36. The lowest BCUT2D eigenvalue weighted by Crippen LogP contribution is -2.27. The lowest BCUT2D eigenvalue weighted by atomic mass is 10.2. The molecule has 0 saturated heterocycles. The number of furan rings is 1. The fourth-order valence-electron chi connectivity index (χ4n) is 2.46. The number of rotatable bonds is 5. The lowest BCUT2D eigenvalue weighted by Gasteiger charge is -2.16. The summed E-state index contributed by atoms with van der Waals surface area (Å²) in [6, 6.07) is 10.9. The Kier molecular flexibility index (Phi) is 4.23. The molecule has 1 amide bonds. The van der Waals surface area contributed by atoms with E-state index in [2.05, 4.69) is 5.10 Å². The molecule has 2 aromatic heterocycles. The van der Waals surface area contributed by atoms with Crippen molar-refractivity contribution < 1.29 is 9.21 Å². The van der Waals surface area contributed by atoms with E-state index in [-0.39, 0.29) is 11.3 Å². The minimum Gasteiger partial charge on any atom is -0.467 e. The van der Waals surface area contributed by atoms with Gasteiger partial charge in [-0.2, -0.15) is 5.10 Å². The van der Waals surface area contributed by atoms with E-state index in [0.29, 0.717) is 24.9 Å². The highest BCUT2D eigenvalue weighted by Crippen LogP contribution is 2.10. The fraction of sp³-hybridized carbons (Fsp3) is 0.235. The smallest absolute Gasteiger partial charge is 0.224 e. The summed E-state index contributed by atoms with van der Waals surface area (Å²) in [5.74, 6) is 0.735. The van der Waals surface area contributed by atoms with Crippen LogP contribution >= 0.6 is 0 Å². The quantitative estimate of drug-likeness (QED) is 0.723. The van der Waals surface area contributed by atoms with Gasteiger partial charge in [0.1, 0.15) is 5.76 Å². The molecular formula is C17H17N3O3. The van der Waals surface area contributed by atoms with E-state index in [1.165, 1.54) is 6.20 Å². The Bertz CT molecular complexity index is 868. The lowest BCUT2D eigenvalue weighted by molar-refractivity contribution is -0.130. The normalized spacial score (nSPS) is 10.8. The van der Waals surface area contributed by atoms with Crippen LogP contribution in [0.5, 0.6) is 0 Å². The molecule has 118 valence electrons. The van der Waals surface area contributed by atoms with Crippen molar-refractivity contribution >= 4 is 16.8 Å². The molecule has 3 aromatic rings. The Morgan fingerprint density at radius 3 is 2.87 bits per heavy atom. The van der Waals surface area contributed by atoms with Crippen molar-refractivity contribution in [2.45, 2.75) is 19.5 Å². The molecule has 1 aromatic carbocycles. The molecule has 6 heteroatoms. The van der Waals surface area contributed by atoms with Gasteiger partial charge in [-0.25, -0.2) is 0 Å². The summed E-state index contributed by atoms with van der Waals surface area (Å²) < 4.78 is 6.93. The molecule has 0 fully saturated rings. The van der Waals surface area contributed by atoms with Crippen LogP contribution in [-0.2, 0) is 17.9 Å². The van der Waals surface area contributed by atoms with Gasteiger partial charge in [0.15, 0.2) is 0 Å². The van der Waals surface area contributed by atoms with Crippen LogP contribution in [0.1, 0.15) is 12.2 Å². The second-order valence-corrected chi connectivity index (χ2v) is 5.33. The Morgan fingerprint density at radius 2 is 2.09 bits per heavy atom. The molecule has 2 heterocycles. The number of amides is 1. The number of carbonyl (C=O) groups is 1. The predicted octanol–water partition coefficient (Wildman–Crippen LogP) is 2.04. The van der Waals surface area contributed by atoms with Crippen LogP contribution < -0.4 is 5.43 Å². The van der Waals surface area contributed by atoms with Gasteiger partial charge in [0.2, 0.25) is 11.3 Å². The Balaban J connectivity index is 1.70. The van der Waals surface area contributed by atoms with Crippen LogP contribution in [0.4, 0.5) is 0 Å². The molecular weight excluding hydrogens is 294 g/mol. The minimum absolute atomic E-state index is 0.00835. The summed E-state index contributed by atoms with van der Waals surface area (Å²) in [7, 11) is 1.74. The van der Waals surface area contributed by atoms with E-state index in [4.69, 9.17) is 4.42 Å². The number of carbonyl (C=O) groups excluding carboxylic acids is 1. The van der Waals surface area contributed by atoms with Gasteiger partial charge < -0.3 is 9.32 Å². The van der Waals surface area contributed by atoms with Crippen LogP contribution in [0.25, 0.3) is 10.9 Å². The highest BCUT2D eigenvalue weighted by atomic mass is 16.3. The van der Waals surface area contributed by atoms with Crippen LogP contribution in [0, 0.1) is 0 Å². The maximum Gasteiger partial charge on any atom is 0.224 e. The van der Waals surface area contributed by atoms with Crippen LogP contribution in [0.15, 0.2) is 58.1 Å². The third-order valence-corrected chi connectivity index (χ3v) is 3.70. The molecule has 3 rings (SSSR count). The topological polar surface area (TPSA) is 68.3 Å². The summed E-state index contributed by atoms with van der Waals surface area (Å²) in [5.41, 5.74) is 0.625. The molecule has 0 unspecified atom stereocenters. The maximum absolute atomic E-state index is 12.2. The van der Waals surface area contributed by atoms with Crippen molar-refractivity contribution in [1.29, 1.82) is 0 Å². The van der Waals surface area contributed by atoms with Gasteiger partial charge in [-0.1, -0.05) is 12.1 Å². The molecule has 0 aliphatic carbocycles. The monoisotopic (exact) mass is 311 g/mol. The highest BCUT2D eigenvalue weighted by molar-refractivity contribution is 5.79. The SMILES string of the molecule is CN(Cc1ccco1)C(=O)CCn1ncc(=O)c2ccccc21. The molecule has 0 N–H and O–H groups in total. The van der Waals surface area contributed by atoms with E-state index in [1.807, 2.05) is 24.3 Å². The summed E-state index contributed by atoms with van der Waals surface area (Å²) >= 11 is 0. The van der Waals surface area contributed by atoms with Gasteiger partial charge in [-0.05, 0) is 24.3 Å². The predicted molar refractivity (Wildman–Crippen MR) is 85.8 cm³/mol. The number of aromatic nitrogens is 2. The van der Waals surface area contributed by atoms with Crippen molar-refractivity contribution in [1.82, 2.24) is 14.7 Å². The van der Waals surface area contributed by atoms with Crippen molar-refractivity contribution in [2.24, 2.45) is 0 Å². The van der Waals surface area contributed by atoms with Crippen LogP contribution in [0.2, 0.25) is 0 Å². The molecule has 0 radical (unpaired) electrons. The summed E-state index contributed by atoms with van der Waals surface area (Å²) in [6.45, 7) is 0.853. The largest absolute Gasteiger partial charge is 0.467 e. The van der Waals surface area contributed by atoms with Crippen LogP contribution in [0.3, 0.4) is 0 Å². The van der Waals surface area contributed by atoms with Crippen molar-refractivity contribution in [2.75, 3.05) is 7.05 Å². The molecule has 0 aliphatic heterocycles. The number of fused-ring (bicyclic) bond motifs is 1. The average Bonchev–Trinajstić information content (AvgIpc) is 3.07. The van der Waals surface area contributed by atoms with Crippen LogP contribution in [-0.4, -0.2) is 27.6 Å². The molecule has 0 bridgehead atoms. The molecule has 23 heavy (non-hydrogen) atoms.